The molecule has 0 aromatic carbocycles. The molecule has 1 aliphatic rings. The minimum absolute atomic E-state index is 0.253. The highest BCUT2D eigenvalue weighted by Crippen LogP contribution is 2.29. The monoisotopic (exact) mass is 171 g/mol. The molecule has 0 aromatic heterocycles. The van der Waals surface area contributed by atoms with Crippen LogP contribution in [0, 0.1) is 5.92 Å². The maximum Gasteiger partial charge on any atom is 0.0472 e. The van der Waals surface area contributed by atoms with E-state index < -0.39 is 0 Å². The van der Waals surface area contributed by atoms with Crippen molar-refractivity contribution in [1.29, 1.82) is 0 Å². The molecule has 1 aliphatic heterocycles. The van der Waals surface area contributed by atoms with Crippen molar-refractivity contribution in [3.05, 3.63) is 0 Å². The highest BCUT2D eigenvalue weighted by atomic mass is 16.3. The molecule has 1 N–H and O–H groups in total. The van der Waals surface area contributed by atoms with Crippen LogP contribution in [0.15, 0.2) is 0 Å². The maximum atomic E-state index is 9.04. The zero-order valence-electron chi connectivity index (χ0n) is 8.67. The topological polar surface area (TPSA) is 23.5 Å². The summed E-state index contributed by atoms with van der Waals surface area (Å²) < 4.78 is 0. The molecule has 0 saturated carbocycles. The molecule has 0 bridgehead atoms. The Bertz CT molecular complexity index is 150. The standard InChI is InChI=1S/C10H21NO/c1-8-5-9(7-12)6-11(8)10(2,3)4/h8-9,12H,5-7H2,1-4H3/t8-,9+/m1/s1. The van der Waals surface area contributed by atoms with Crippen LogP contribution in [0.2, 0.25) is 0 Å². The summed E-state index contributed by atoms with van der Waals surface area (Å²) in [4.78, 5) is 2.48. The lowest BCUT2D eigenvalue weighted by molar-refractivity contribution is 0.122. The van der Waals surface area contributed by atoms with Crippen LogP contribution in [0.25, 0.3) is 0 Å². The summed E-state index contributed by atoms with van der Waals surface area (Å²) in [5.41, 5.74) is 0.253. The lowest BCUT2D eigenvalue weighted by Crippen LogP contribution is -2.43. The van der Waals surface area contributed by atoms with Gasteiger partial charge in [0.05, 0.1) is 0 Å². The number of hydrogen-bond acceptors (Lipinski definition) is 2. The van der Waals surface area contributed by atoms with Crippen LogP contribution >= 0.6 is 0 Å². The van der Waals surface area contributed by atoms with E-state index in [9.17, 15) is 0 Å². The summed E-state index contributed by atoms with van der Waals surface area (Å²) in [5, 5.41) is 9.04. The van der Waals surface area contributed by atoms with Gasteiger partial charge in [-0.1, -0.05) is 0 Å². The van der Waals surface area contributed by atoms with Gasteiger partial charge >= 0.3 is 0 Å². The number of aliphatic hydroxyl groups excluding tert-OH is 1. The highest BCUT2D eigenvalue weighted by Gasteiger charge is 2.34. The summed E-state index contributed by atoms with van der Waals surface area (Å²) in [6.07, 6.45) is 1.15. The lowest BCUT2D eigenvalue weighted by Gasteiger charge is -2.35. The Hall–Kier alpha value is -0.0800. The first kappa shape index (κ1) is 10.0. The number of rotatable bonds is 1. The van der Waals surface area contributed by atoms with Crippen LogP contribution in [-0.4, -0.2) is 34.7 Å². The van der Waals surface area contributed by atoms with Gasteiger partial charge in [-0.3, -0.25) is 4.90 Å². The highest BCUT2D eigenvalue weighted by molar-refractivity contribution is 4.89. The zero-order valence-corrected chi connectivity index (χ0v) is 8.67. The fourth-order valence-corrected chi connectivity index (χ4v) is 2.21. The number of hydrogen-bond donors (Lipinski definition) is 1. The van der Waals surface area contributed by atoms with E-state index in [1.54, 1.807) is 0 Å². The Morgan fingerprint density at radius 3 is 2.25 bits per heavy atom. The van der Waals surface area contributed by atoms with Crippen molar-refractivity contribution in [2.45, 2.75) is 45.7 Å². The molecule has 0 radical (unpaired) electrons. The molecule has 1 fully saturated rings. The number of nitrogens with zero attached hydrogens (tertiary/aromatic N) is 1. The molecule has 2 heteroatoms. The second-order valence-corrected chi connectivity index (χ2v) is 4.96. The third-order valence-electron chi connectivity index (χ3n) is 2.78. The molecular formula is C10H21NO. The van der Waals surface area contributed by atoms with Gasteiger partial charge in [0.2, 0.25) is 0 Å². The minimum atomic E-state index is 0.253. The van der Waals surface area contributed by atoms with Crippen molar-refractivity contribution >= 4 is 0 Å². The van der Waals surface area contributed by atoms with Crippen LogP contribution < -0.4 is 0 Å². The third kappa shape index (κ3) is 1.99. The van der Waals surface area contributed by atoms with E-state index in [0.29, 0.717) is 18.6 Å². The van der Waals surface area contributed by atoms with Crippen molar-refractivity contribution in [2.24, 2.45) is 5.92 Å². The van der Waals surface area contributed by atoms with Crippen molar-refractivity contribution in [3.8, 4) is 0 Å². The van der Waals surface area contributed by atoms with Crippen molar-refractivity contribution < 1.29 is 5.11 Å². The molecule has 2 nitrogen and oxygen atoms in total. The van der Waals surface area contributed by atoms with Crippen LogP contribution in [-0.2, 0) is 0 Å². The summed E-state index contributed by atoms with van der Waals surface area (Å²) in [6.45, 7) is 10.4. The van der Waals surface area contributed by atoms with Gasteiger partial charge < -0.3 is 5.11 Å². The molecule has 2 atom stereocenters. The van der Waals surface area contributed by atoms with Gasteiger partial charge in [-0.15, -0.1) is 0 Å². The molecule has 0 spiro atoms. The van der Waals surface area contributed by atoms with E-state index in [1.165, 1.54) is 0 Å². The van der Waals surface area contributed by atoms with Crippen LogP contribution in [0.1, 0.15) is 34.1 Å². The molecular weight excluding hydrogens is 150 g/mol. The molecule has 72 valence electrons. The van der Waals surface area contributed by atoms with Crippen molar-refractivity contribution in [3.63, 3.8) is 0 Å². The normalized spacial score (nSPS) is 32.8. The second kappa shape index (κ2) is 3.35. The summed E-state index contributed by atoms with van der Waals surface area (Å²) >= 11 is 0. The molecule has 1 rings (SSSR count). The third-order valence-corrected chi connectivity index (χ3v) is 2.78. The van der Waals surface area contributed by atoms with Gasteiger partial charge in [0, 0.05) is 24.7 Å². The first-order valence-electron chi connectivity index (χ1n) is 4.82. The Balaban J connectivity index is 2.58. The van der Waals surface area contributed by atoms with Gasteiger partial charge in [0.25, 0.3) is 0 Å². The predicted molar refractivity (Wildman–Crippen MR) is 51.1 cm³/mol. The Kier molecular flexibility index (Phi) is 2.79. The Labute approximate surface area is 75.6 Å². The quantitative estimate of drug-likeness (QED) is 0.646. The number of aliphatic hydroxyl groups is 1. The van der Waals surface area contributed by atoms with Crippen LogP contribution in [0.3, 0.4) is 0 Å². The molecule has 12 heavy (non-hydrogen) atoms. The van der Waals surface area contributed by atoms with Crippen molar-refractivity contribution in [2.75, 3.05) is 13.2 Å². The first-order chi connectivity index (χ1) is 5.45. The van der Waals surface area contributed by atoms with E-state index in [0.717, 1.165) is 13.0 Å². The average Bonchev–Trinajstić information content (AvgIpc) is 2.29. The zero-order chi connectivity index (χ0) is 9.35. The van der Waals surface area contributed by atoms with Gasteiger partial charge in [-0.25, -0.2) is 0 Å². The molecule has 0 unspecified atom stereocenters. The predicted octanol–water partition coefficient (Wildman–Crippen LogP) is 1.49. The molecule has 0 aliphatic carbocycles. The molecule has 0 amide bonds. The maximum absolute atomic E-state index is 9.04. The SMILES string of the molecule is C[C@@H]1C[C@H](CO)CN1C(C)(C)C. The first-order valence-corrected chi connectivity index (χ1v) is 4.82. The smallest absolute Gasteiger partial charge is 0.0472 e. The average molecular weight is 171 g/mol. The van der Waals surface area contributed by atoms with Gasteiger partial charge in [-0.05, 0) is 40.0 Å². The van der Waals surface area contributed by atoms with Crippen molar-refractivity contribution in [1.82, 2.24) is 4.90 Å². The van der Waals surface area contributed by atoms with Gasteiger partial charge in [0.15, 0.2) is 0 Å². The largest absolute Gasteiger partial charge is 0.396 e. The summed E-state index contributed by atoms with van der Waals surface area (Å²) in [7, 11) is 0. The van der Waals surface area contributed by atoms with E-state index in [2.05, 4.69) is 32.6 Å². The molecule has 1 saturated heterocycles. The number of likely N-dealkylation sites (tertiary alicyclic amines) is 1. The van der Waals surface area contributed by atoms with Crippen LogP contribution in [0.4, 0.5) is 0 Å². The fourth-order valence-electron chi connectivity index (χ4n) is 2.21. The van der Waals surface area contributed by atoms with Crippen LogP contribution in [0.5, 0.6) is 0 Å². The summed E-state index contributed by atoms with van der Waals surface area (Å²) in [6, 6.07) is 0.627. The fraction of sp³-hybridized carbons (Fsp3) is 1.00. The molecule has 1 heterocycles. The van der Waals surface area contributed by atoms with E-state index in [4.69, 9.17) is 5.11 Å². The Morgan fingerprint density at radius 1 is 1.42 bits per heavy atom. The van der Waals surface area contributed by atoms with E-state index >= 15 is 0 Å². The van der Waals surface area contributed by atoms with Gasteiger partial charge in [0.1, 0.15) is 0 Å². The van der Waals surface area contributed by atoms with E-state index in [-0.39, 0.29) is 5.54 Å². The van der Waals surface area contributed by atoms with E-state index in [1.807, 2.05) is 0 Å². The minimum Gasteiger partial charge on any atom is -0.396 e. The second-order valence-electron chi connectivity index (χ2n) is 4.96. The molecule has 0 aromatic rings. The lowest BCUT2D eigenvalue weighted by atomic mass is 10.1. The van der Waals surface area contributed by atoms with Gasteiger partial charge in [-0.2, -0.15) is 0 Å². The Morgan fingerprint density at radius 2 is 2.00 bits per heavy atom. The summed E-state index contributed by atoms with van der Waals surface area (Å²) in [5.74, 6) is 0.499.